The van der Waals surface area contributed by atoms with E-state index in [1.807, 2.05) is 24.3 Å². The highest BCUT2D eigenvalue weighted by molar-refractivity contribution is 9.10. The van der Waals surface area contributed by atoms with E-state index in [0.29, 0.717) is 17.9 Å². The molecule has 0 bridgehead atoms. The molecule has 0 N–H and O–H groups in total. The van der Waals surface area contributed by atoms with Gasteiger partial charge in [0.25, 0.3) is 0 Å². The molecule has 0 atom stereocenters. The number of halogens is 1. The maximum atomic E-state index is 11.9. The smallest absolute Gasteiger partial charge is 0.338 e. The molecule has 0 fully saturated rings. The van der Waals surface area contributed by atoms with Gasteiger partial charge >= 0.3 is 11.9 Å². The number of carbonyl (C=O) groups excluding carboxylic acids is 2. The Morgan fingerprint density at radius 1 is 1.09 bits per heavy atom. The Hall–Kier alpha value is -2.14. The van der Waals surface area contributed by atoms with Crippen molar-refractivity contribution in [3.8, 4) is 5.75 Å². The molecule has 0 saturated heterocycles. The van der Waals surface area contributed by atoms with E-state index in [0.717, 1.165) is 10.0 Å². The van der Waals surface area contributed by atoms with E-state index in [1.54, 1.807) is 25.1 Å². The van der Waals surface area contributed by atoms with Crippen molar-refractivity contribution in [3.05, 3.63) is 64.1 Å². The van der Waals surface area contributed by atoms with Gasteiger partial charge in [0.15, 0.2) is 0 Å². The molecular formula is C17H15BrO4. The number of hydrogen-bond acceptors (Lipinski definition) is 4. The molecule has 0 aromatic heterocycles. The summed E-state index contributed by atoms with van der Waals surface area (Å²) in [7, 11) is 0. The molecular weight excluding hydrogens is 348 g/mol. The molecule has 0 aliphatic carbocycles. The second kappa shape index (κ2) is 7.75. The summed E-state index contributed by atoms with van der Waals surface area (Å²) in [6, 6.07) is 13.8. The zero-order valence-electron chi connectivity index (χ0n) is 12.0. The van der Waals surface area contributed by atoms with Gasteiger partial charge in [0.05, 0.1) is 18.6 Å². The van der Waals surface area contributed by atoms with Crippen LogP contribution in [0.1, 0.15) is 22.8 Å². The van der Waals surface area contributed by atoms with Gasteiger partial charge in [-0.1, -0.05) is 34.1 Å². The first-order valence-electron chi connectivity index (χ1n) is 6.81. The molecule has 2 aromatic carbocycles. The van der Waals surface area contributed by atoms with E-state index in [2.05, 4.69) is 15.9 Å². The van der Waals surface area contributed by atoms with Crippen molar-refractivity contribution in [3.63, 3.8) is 0 Å². The van der Waals surface area contributed by atoms with E-state index in [9.17, 15) is 9.59 Å². The van der Waals surface area contributed by atoms with Crippen LogP contribution in [-0.2, 0) is 16.0 Å². The molecule has 114 valence electrons. The third kappa shape index (κ3) is 4.70. The molecule has 0 aliphatic heterocycles. The number of esters is 2. The lowest BCUT2D eigenvalue weighted by Gasteiger charge is -2.06. The highest BCUT2D eigenvalue weighted by Gasteiger charge is 2.10. The van der Waals surface area contributed by atoms with Crippen LogP contribution in [-0.4, -0.2) is 18.5 Å². The van der Waals surface area contributed by atoms with Crippen LogP contribution in [0, 0.1) is 0 Å². The van der Waals surface area contributed by atoms with Gasteiger partial charge in [0, 0.05) is 4.47 Å². The zero-order chi connectivity index (χ0) is 15.9. The van der Waals surface area contributed by atoms with Gasteiger partial charge in [-0.05, 0) is 42.8 Å². The minimum Gasteiger partial charge on any atom is -0.462 e. The van der Waals surface area contributed by atoms with Crippen molar-refractivity contribution in [2.75, 3.05) is 6.61 Å². The topological polar surface area (TPSA) is 52.6 Å². The second-order valence-electron chi connectivity index (χ2n) is 4.53. The first-order valence-corrected chi connectivity index (χ1v) is 7.60. The van der Waals surface area contributed by atoms with Crippen molar-refractivity contribution in [2.24, 2.45) is 0 Å². The SMILES string of the molecule is CCOC(=O)c1cccc(OC(=O)Cc2ccc(Br)cc2)c1. The third-order valence-corrected chi connectivity index (χ3v) is 3.37. The highest BCUT2D eigenvalue weighted by Crippen LogP contribution is 2.16. The molecule has 22 heavy (non-hydrogen) atoms. The number of benzene rings is 2. The molecule has 2 aromatic rings. The Kier molecular flexibility index (Phi) is 5.72. The van der Waals surface area contributed by atoms with Gasteiger partial charge in [-0.2, -0.15) is 0 Å². The highest BCUT2D eigenvalue weighted by atomic mass is 79.9. The monoisotopic (exact) mass is 362 g/mol. The van der Waals surface area contributed by atoms with Crippen LogP contribution in [0.25, 0.3) is 0 Å². The average molecular weight is 363 g/mol. The van der Waals surface area contributed by atoms with Crippen LogP contribution in [0.3, 0.4) is 0 Å². The summed E-state index contributed by atoms with van der Waals surface area (Å²) < 4.78 is 11.1. The molecule has 4 nitrogen and oxygen atoms in total. The first-order chi connectivity index (χ1) is 10.6. The molecule has 0 spiro atoms. The molecule has 0 unspecified atom stereocenters. The summed E-state index contributed by atoms with van der Waals surface area (Å²) in [6.45, 7) is 2.03. The third-order valence-electron chi connectivity index (χ3n) is 2.84. The zero-order valence-corrected chi connectivity index (χ0v) is 13.6. The Morgan fingerprint density at radius 2 is 1.82 bits per heavy atom. The first kappa shape index (κ1) is 16.2. The van der Waals surface area contributed by atoms with Gasteiger partial charge < -0.3 is 9.47 Å². The summed E-state index contributed by atoms with van der Waals surface area (Å²) >= 11 is 3.34. The average Bonchev–Trinajstić information content (AvgIpc) is 2.50. The van der Waals surface area contributed by atoms with Crippen LogP contribution < -0.4 is 4.74 Å². The standard InChI is InChI=1S/C17H15BrO4/c1-2-21-17(20)13-4-3-5-15(11-13)22-16(19)10-12-6-8-14(18)9-7-12/h3-9,11H,2,10H2,1H3. The Labute approximate surface area is 137 Å². The minimum absolute atomic E-state index is 0.164. The van der Waals surface area contributed by atoms with Crippen LogP contribution in [0.5, 0.6) is 5.75 Å². The quantitative estimate of drug-likeness (QED) is 0.599. The fourth-order valence-electron chi connectivity index (χ4n) is 1.84. The molecule has 5 heteroatoms. The van der Waals surface area contributed by atoms with Crippen molar-refractivity contribution in [1.82, 2.24) is 0 Å². The predicted molar refractivity (Wildman–Crippen MR) is 85.9 cm³/mol. The van der Waals surface area contributed by atoms with Gasteiger partial charge in [-0.15, -0.1) is 0 Å². The van der Waals surface area contributed by atoms with Crippen molar-refractivity contribution >= 4 is 27.9 Å². The van der Waals surface area contributed by atoms with Crippen LogP contribution in [0.4, 0.5) is 0 Å². The van der Waals surface area contributed by atoms with Gasteiger partial charge in [0.1, 0.15) is 5.75 Å². The van der Waals surface area contributed by atoms with Gasteiger partial charge in [-0.3, -0.25) is 4.79 Å². The van der Waals surface area contributed by atoms with Gasteiger partial charge in [-0.25, -0.2) is 4.79 Å². The van der Waals surface area contributed by atoms with Crippen LogP contribution in [0.15, 0.2) is 53.0 Å². The van der Waals surface area contributed by atoms with Crippen LogP contribution >= 0.6 is 15.9 Å². The molecule has 0 heterocycles. The number of hydrogen-bond donors (Lipinski definition) is 0. The largest absolute Gasteiger partial charge is 0.462 e. The number of ether oxygens (including phenoxy) is 2. The fourth-order valence-corrected chi connectivity index (χ4v) is 2.10. The normalized spacial score (nSPS) is 10.1. The summed E-state index contributed by atoms with van der Waals surface area (Å²) in [4.78, 5) is 23.6. The summed E-state index contributed by atoms with van der Waals surface area (Å²) in [5.41, 5.74) is 1.21. The van der Waals surface area contributed by atoms with Crippen molar-refractivity contribution in [1.29, 1.82) is 0 Å². The molecule has 0 saturated carbocycles. The van der Waals surface area contributed by atoms with E-state index in [-0.39, 0.29) is 12.4 Å². The summed E-state index contributed by atoms with van der Waals surface area (Å²) in [6.07, 6.45) is 0.164. The summed E-state index contributed by atoms with van der Waals surface area (Å²) in [5.74, 6) is -0.496. The number of carbonyl (C=O) groups is 2. The van der Waals surface area contributed by atoms with Crippen molar-refractivity contribution in [2.45, 2.75) is 13.3 Å². The van der Waals surface area contributed by atoms with E-state index in [4.69, 9.17) is 9.47 Å². The molecule has 2 rings (SSSR count). The molecule has 0 aliphatic rings. The van der Waals surface area contributed by atoms with E-state index >= 15 is 0 Å². The Balaban J connectivity index is 2.00. The lowest BCUT2D eigenvalue weighted by molar-refractivity contribution is -0.133. The fraction of sp³-hybridized carbons (Fsp3) is 0.176. The Bertz CT molecular complexity index is 665. The number of rotatable bonds is 5. The minimum atomic E-state index is -0.437. The van der Waals surface area contributed by atoms with Crippen molar-refractivity contribution < 1.29 is 19.1 Å². The maximum absolute atomic E-state index is 11.9. The summed E-state index contributed by atoms with van der Waals surface area (Å²) in [5, 5.41) is 0. The molecule has 0 amide bonds. The van der Waals surface area contributed by atoms with E-state index in [1.165, 1.54) is 6.07 Å². The predicted octanol–water partition coefficient (Wildman–Crippen LogP) is 3.77. The lowest BCUT2D eigenvalue weighted by atomic mass is 10.1. The lowest BCUT2D eigenvalue weighted by Crippen LogP contribution is -2.12. The maximum Gasteiger partial charge on any atom is 0.338 e. The second-order valence-corrected chi connectivity index (χ2v) is 5.44. The van der Waals surface area contributed by atoms with E-state index < -0.39 is 5.97 Å². The molecule has 0 radical (unpaired) electrons. The van der Waals surface area contributed by atoms with Gasteiger partial charge in [0.2, 0.25) is 0 Å². The van der Waals surface area contributed by atoms with Crippen LogP contribution in [0.2, 0.25) is 0 Å². The Morgan fingerprint density at radius 3 is 2.50 bits per heavy atom.